The van der Waals surface area contributed by atoms with Crippen molar-refractivity contribution >= 4 is 34.5 Å². The lowest BCUT2D eigenvalue weighted by atomic mass is 10.3. The number of primary amides is 1. The minimum Gasteiger partial charge on any atom is -0.450 e. The van der Waals surface area contributed by atoms with Gasteiger partial charge in [-0.2, -0.15) is 0 Å². The fourth-order valence-electron chi connectivity index (χ4n) is 2.37. The van der Waals surface area contributed by atoms with Crippen molar-refractivity contribution in [2.24, 2.45) is 12.8 Å². The van der Waals surface area contributed by atoms with Crippen molar-refractivity contribution < 1.29 is 14.3 Å². The highest BCUT2D eigenvalue weighted by molar-refractivity contribution is 6.31. The van der Waals surface area contributed by atoms with E-state index in [-0.39, 0.29) is 11.3 Å². The number of amides is 1. The number of H-pyrrole nitrogens is 1. The Morgan fingerprint density at radius 2 is 2.12 bits per heavy atom. The molecule has 0 aliphatic heterocycles. The van der Waals surface area contributed by atoms with E-state index < -0.39 is 18.0 Å². The van der Waals surface area contributed by atoms with Gasteiger partial charge in [0, 0.05) is 18.3 Å². The number of nitrogens with zero attached hydrogens (tertiary/aromatic N) is 2. The number of nitrogens with two attached hydrogens (primary N) is 1. The molecule has 0 radical (unpaired) electrons. The van der Waals surface area contributed by atoms with E-state index in [1.807, 2.05) is 0 Å². The Morgan fingerprint density at radius 3 is 2.79 bits per heavy atom. The normalized spacial score (nSPS) is 12.3. The van der Waals surface area contributed by atoms with Gasteiger partial charge in [-0.15, -0.1) is 0 Å². The van der Waals surface area contributed by atoms with Crippen molar-refractivity contribution in [1.29, 1.82) is 0 Å². The summed E-state index contributed by atoms with van der Waals surface area (Å²) in [4.78, 5) is 30.9. The van der Waals surface area contributed by atoms with Gasteiger partial charge in [0.05, 0.1) is 16.6 Å². The smallest absolute Gasteiger partial charge is 0.355 e. The molecule has 3 N–H and O–H groups in total. The van der Waals surface area contributed by atoms with Crippen LogP contribution in [0.4, 0.5) is 0 Å². The molecule has 0 saturated heterocycles. The molecular weight excluding hydrogens is 332 g/mol. The van der Waals surface area contributed by atoms with Crippen LogP contribution in [0.15, 0.2) is 30.5 Å². The molecule has 3 aromatic rings. The number of aromatic nitrogens is 3. The Morgan fingerprint density at radius 1 is 1.38 bits per heavy atom. The van der Waals surface area contributed by atoms with Gasteiger partial charge in [0.2, 0.25) is 5.91 Å². The van der Waals surface area contributed by atoms with E-state index in [0.717, 1.165) is 11.0 Å². The number of aromatic amines is 1. The van der Waals surface area contributed by atoms with E-state index in [1.165, 1.54) is 16.8 Å². The average molecular weight is 347 g/mol. The zero-order valence-electron chi connectivity index (χ0n) is 13.0. The third kappa shape index (κ3) is 2.98. The van der Waals surface area contributed by atoms with Gasteiger partial charge >= 0.3 is 5.97 Å². The molecule has 0 spiro atoms. The maximum absolute atomic E-state index is 12.3. The van der Waals surface area contributed by atoms with Crippen LogP contribution < -0.4 is 5.73 Å². The average Bonchev–Trinajstić information content (AvgIpc) is 3.10. The Balaban J connectivity index is 1.81. The molecule has 0 fully saturated rings. The van der Waals surface area contributed by atoms with Gasteiger partial charge in [-0.05, 0) is 31.2 Å². The highest BCUT2D eigenvalue weighted by Crippen LogP contribution is 2.22. The van der Waals surface area contributed by atoms with Crippen molar-refractivity contribution in [2.45, 2.75) is 13.0 Å². The van der Waals surface area contributed by atoms with Crippen LogP contribution in [-0.4, -0.2) is 26.4 Å². The highest BCUT2D eigenvalue weighted by Gasteiger charge is 2.20. The molecular formula is C16H15ClN4O3. The minimum absolute atomic E-state index is 0.231. The fraction of sp³-hybridized carbons (Fsp3) is 0.188. The Labute approximate surface area is 142 Å². The summed E-state index contributed by atoms with van der Waals surface area (Å²) in [6.45, 7) is 1.70. The van der Waals surface area contributed by atoms with Crippen LogP contribution >= 0.6 is 11.6 Å². The molecule has 2 aromatic heterocycles. The van der Waals surface area contributed by atoms with Crippen LogP contribution in [0.1, 0.15) is 39.7 Å². The first-order valence-electron chi connectivity index (χ1n) is 7.17. The van der Waals surface area contributed by atoms with Crippen molar-refractivity contribution in [1.82, 2.24) is 14.5 Å². The number of ether oxygens (including phenoxy) is 1. The van der Waals surface area contributed by atoms with Crippen molar-refractivity contribution in [3.05, 3.63) is 52.6 Å². The molecule has 1 aromatic carbocycles. The molecule has 3 rings (SSSR count). The first kappa shape index (κ1) is 16.1. The number of nitrogens with one attached hydrogen (secondary N) is 1. The largest absolute Gasteiger partial charge is 0.450 e. The maximum Gasteiger partial charge on any atom is 0.355 e. The SMILES string of the molecule is C[C@@H](OC(=O)c1cc(C(N)=O)cn1C)c1nc2ccc(Cl)cc2[nH]1. The predicted molar refractivity (Wildman–Crippen MR) is 88.9 cm³/mol. The number of fused-ring (bicyclic) bond motifs is 1. The monoisotopic (exact) mass is 346 g/mol. The summed E-state index contributed by atoms with van der Waals surface area (Å²) in [5.41, 5.74) is 7.18. The van der Waals surface area contributed by atoms with Crippen LogP contribution in [0.2, 0.25) is 5.02 Å². The fourth-order valence-corrected chi connectivity index (χ4v) is 2.55. The molecule has 0 aliphatic rings. The summed E-state index contributed by atoms with van der Waals surface area (Å²) < 4.78 is 6.91. The standard InChI is InChI=1S/C16H15ClN4O3/c1-8(15-19-11-4-3-10(17)6-12(11)20-15)24-16(23)13-5-9(14(18)22)7-21(13)2/h3-8H,1-2H3,(H2,18,22)(H,19,20)/t8-/m1/s1. The van der Waals surface area contributed by atoms with Gasteiger partial charge in [-0.3, -0.25) is 4.79 Å². The Kier molecular flexibility index (Phi) is 4.02. The number of esters is 1. The number of carbonyl (C=O) groups is 2. The zero-order valence-corrected chi connectivity index (χ0v) is 13.8. The van der Waals surface area contributed by atoms with Gasteiger partial charge < -0.3 is 20.0 Å². The lowest BCUT2D eigenvalue weighted by Gasteiger charge is -2.11. The van der Waals surface area contributed by atoms with Crippen LogP contribution in [0.25, 0.3) is 11.0 Å². The zero-order chi connectivity index (χ0) is 17.4. The number of aryl methyl sites for hydroxylation is 1. The maximum atomic E-state index is 12.3. The van der Waals surface area contributed by atoms with E-state index in [4.69, 9.17) is 22.1 Å². The summed E-state index contributed by atoms with van der Waals surface area (Å²) in [7, 11) is 1.64. The summed E-state index contributed by atoms with van der Waals surface area (Å²) in [5.74, 6) is -0.673. The molecule has 24 heavy (non-hydrogen) atoms. The highest BCUT2D eigenvalue weighted by atomic mass is 35.5. The minimum atomic E-state index is -0.605. The number of carbonyl (C=O) groups excluding carboxylic acids is 2. The van der Waals surface area contributed by atoms with Gasteiger partial charge in [-0.1, -0.05) is 11.6 Å². The lowest BCUT2D eigenvalue weighted by molar-refractivity contribution is 0.0311. The topological polar surface area (TPSA) is 103 Å². The molecule has 2 heterocycles. The number of rotatable bonds is 4. The van der Waals surface area contributed by atoms with E-state index in [1.54, 1.807) is 32.2 Å². The second-order valence-corrected chi connectivity index (χ2v) is 5.86. The molecule has 8 heteroatoms. The number of halogens is 1. The second kappa shape index (κ2) is 6.01. The van der Waals surface area contributed by atoms with Crippen LogP contribution in [-0.2, 0) is 11.8 Å². The lowest BCUT2D eigenvalue weighted by Crippen LogP contribution is -2.13. The molecule has 0 saturated carbocycles. The van der Waals surface area contributed by atoms with E-state index in [0.29, 0.717) is 10.8 Å². The molecule has 124 valence electrons. The van der Waals surface area contributed by atoms with E-state index in [2.05, 4.69) is 9.97 Å². The van der Waals surface area contributed by atoms with E-state index >= 15 is 0 Å². The first-order valence-corrected chi connectivity index (χ1v) is 7.55. The molecule has 1 amide bonds. The van der Waals surface area contributed by atoms with Crippen LogP contribution in [0.5, 0.6) is 0 Å². The molecule has 0 bridgehead atoms. The van der Waals surface area contributed by atoms with Gasteiger partial charge in [0.25, 0.3) is 0 Å². The summed E-state index contributed by atoms with van der Waals surface area (Å²) in [5, 5.41) is 0.588. The van der Waals surface area contributed by atoms with Gasteiger partial charge in [-0.25, -0.2) is 9.78 Å². The summed E-state index contributed by atoms with van der Waals surface area (Å²) in [6.07, 6.45) is 0.878. The third-order valence-electron chi connectivity index (χ3n) is 3.63. The number of hydrogen-bond donors (Lipinski definition) is 2. The quantitative estimate of drug-likeness (QED) is 0.708. The first-order chi connectivity index (χ1) is 11.3. The Bertz CT molecular complexity index is 944. The molecule has 0 aliphatic carbocycles. The third-order valence-corrected chi connectivity index (χ3v) is 3.86. The van der Waals surface area contributed by atoms with Gasteiger partial charge in [0.1, 0.15) is 11.5 Å². The number of benzene rings is 1. The molecule has 1 atom stereocenters. The number of hydrogen-bond acceptors (Lipinski definition) is 4. The van der Waals surface area contributed by atoms with Crippen molar-refractivity contribution in [2.75, 3.05) is 0 Å². The van der Waals surface area contributed by atoms with Crippen molar-refractivity contribution in [3.63, 3.8) is 0 Å². The molecule has 0 unspecified atom stereocenters. The second-order valence-electron chi connectivity index (χ2n) is 5.42. The molecule has 7 nitrogen and oxygen atoms in total. The van der Waals surface area contributed by atoms with Gasteiger partial charge in [0.15, 0.2) is 6.10 Å². The Hall–Kier alpha value is -2.80. The van der Waals surface area contributed by atoms with Crippen molar-refractivity contribution in [3.8, 4) is 0 Å². The number of imidazole rings is 1. The van der Waals surface area contributed by atoms with E-state index in [9.17, 15) is 9.59 Å². The predicted octanol–water partition coefficient (Wildman–Crippen LogP) is 2.57. The van der Waals surface area contributed by atoms with Crippen LogP contribution in [0, 0.1) is 0 Å². The summed E-state index contributed by atoms with van der Waals surface area (Å²) in [6, 6.07) is 6.66. The van der Waals surface area contributed by atoms with Crippen LogP contribution in [0.3, 0.4) is 0 Å². The summed E-state index contributed by atoms with van der Waals surface area (Å²) >= 11 is 5.94.